The summed E-state index contributed by atoms with van der Waals surface area (Å²) >= 11 is 0. The third kappa shape index (κ3) is 3.53. The van der Waals surface area contributed by atoms with Crippen LogP contribution in [-0.2, 0) is 6.54 Å². The normalized spacial score (nSPS) is 10.9. The quantitative estimate of drug-likeness (QED) is 0.358. The van der Waals surface area contributed by atoms with Crippen molar-refractivity contribution in [1.29, 1.82) is 0 Å². The third-order valence-electron chi connectivity index (χ3n) is 5.25. The molecule has 5 rings (SSSR count). The maximum Gasteiger partial charge on any atom is 0.239 e. The number of fused-ring (bicyclic) bond motifs is 1. The Morgan fingerprint density at radius 2 is 1.24 bits per heavy atom. The van der Waals surface area contributed by atoms with Crippen LogP contribution in [0.25, 0.3) is 33.3 Å². The molecule has 0 bridgehead atoms. The van der Waals surface area contributed by atoms with Crippen LogP contribution >= 0.6 is 0 Å². The summed E-state index contributed by atoms with van der Waals surface area (Å²) in [7, 11) is 0. The van der Waals surface area contributed by atoms with E-state index in [4.69, 9.17) is 4.98 Å². The molecule has 0 aliphatic heterocycles. The molecule has 5 aromatic rings. The van der Waals surface area contributed by atoms with Crippen LogP contribution in [0.15, 0.2) is 116 Å². The van der Waals surface area contributed by atoms with Crippen LogP contribution in [0.1, 0.15) is 5.56 Å². The summed E-state index contributed by atoms with van der Waals surface area (Å²) in [6, 6.07) is 36.1. The average molecular weight is 373 g/mol. The van der Waals surface area contributed by atoms with Crippen molar-refractivity contribution in [3.8, 4) is 22.4 Å². The van der Waals surface area contributed by atoms with E-state index in [1.165, 1.54) is 22.3 Å². The molecular weight excluding hydrogens is 352 g/mol. The molecule has 2 heterocycles. The van der Waals surface area contributed by atoms with E-state index in [0.29, 0.717) is 0 Å². The zero-order valence-electron chi connectivity index (χ0n) is 16.1. The van der Waals surface area contributed by atoms with E-state index in [1.807, 2.05) is 18.3 Å². The molecule has 0 atom stereocenters. The van der Waals surface area contributed by atoms with Gasteiger partial charge in [0.05, 0.1) is 0 Å². The summed E-state index contributed by atoms with van der Waals surface area (Å²) in [5.74, 6) is 0. The van der Waals surface area contributed by atoms with Gasteiger partial charge < -0.3 is 0 Å². The van der Waals surface area contributed by atoms with Crippen LogP contribution in [0, 0.1) is 0 Å². The predicted molar refractivity (Wildman–Crippen MR) is 118 cm³/mol. The van der Waals surface area contributed by atoms with Gasteiger partial charge in [0, 0.05) is 28.8 Å². The van der Waals surface area contributed by atoms with Crippen LogP contribution < -0.4 is 4.57 Å². The summed E-state index contributed by atoms with van der Waals surface area (Å²) < 4.78 is 2.29. The fraction of sp³-hybridized carbons (Fsp3) is 0.0370. The summed E-state index contributed by atoms with van der Waals surface area (Å²) in [5, 5.41) is 1.15. The first kappa shape index (κ1) is 17.3. The lowest BCUT2D eigenvalue weighted by molar-refractivity contribution is -0.676. The standard InChI is InChI=1S/C27H21N2/c1-3-8-21(9-4-1)20-29-19-17-24-12-7-18-28-26(24)27(29)25-15-13-23(14-16-25)22-10-5-2-6-11-22/h1-19H,20H2/q+1. The second-order valence-corrected chi connectivity index (χ2v) is 7.16. The minimum absolute atomic E-state index is 0.809. The number of pyridine rings is 2. The zero-order chi connectivity index (χ0) is 19.5. The van der Waals surface area contributed by atoms with Gasteiger partial charge in [0.15, 0.2) is 12.7 Å². The molecule has 0 aliphatic rings. The van der Waals surface area contributed by atoms with Gasteiger partial charge in [0.1, 0.15) is 5.52 Å². The Hall–Kier alpha value is -3.78. The molecule has 2 heteroatoms. The molecule has 0 N–H and O–H groups in total. The third-order valence-corrected chi connectivity index (χ3v) is 5.25. The van der Waals surface area contributed by atoms with Crippen molar-refractivity contribution in [2.24, 2.45) is 0 Å². The smallest absolute Gasteiger partial charge is 0.239 e. The summed E-state index contributed by atoms with van der Waals surface area (Å²) in [5.41, 5.74) is 7.06. The molecule has 2 aromatic heterocycles. The van der Waals surface area contributed by atoms with Gasteiger partial charge in [-0.1, -0.05) is 78.9 Å². The Bertz CT molecular complexity index is 1240. The summed E-state index contributed by atoms with van der Waals surface area (Å²) in [6.07, 6.45) is 4.04. The maximum atomic E-state index is 4.72. The van der Waals surface area contributed by atoms with E-state index in [0.717, 1.165) is 23.1 Å². The summed E-state index contributed by atoms with van der Waals surface area (Å²) in [6.45, 7) is 0.809. The van der Waals surface area contributed by atoms with Crippen molar-refractivity contribution in [3.63, 3.8) is 0 Å². The molecule has 0 unspecified atom stereocenters. The molecule has 138 valence electrons. The van der Waals surface area contributed by atoms with E-state index in [2.05, 4.69) is 102 Å². The van der Waals surface area contributed by atoms with E-state index >= 15 is 0 Å². The van der Waals surface area contributed by atoms with Gasteiger partial charge in [0.2, 0.25) is 5.69 Å². The molecule has 29 heavy (non-hydrogen) atoms. The van der Waals surface area contributed by atoms with Crippen molar-refractivity contribution >= 4 is 10.9 Å². The summed E-state index contributed by atoms with van der Waals surface area (Å²) in [4.78, 5) is 4.72. The first-order valence-corrected chi connectivity index (χ1v) is 9.85. The van der Waals surface area contributed by atoms with Crippen molar-refractivity contribution in [2.75, 3.05) is 0 Å². The maximum absolute atomic E-state index is 4.72. The van der Waals surface area contributed by atoms with Gasteiger partial charge in [-0.25, -0.2) is 4.98 Å². The lowest BCUT2D eigenvalue weighted by atomic mass is 10.0. The monoisotopic (exact) mass is 373 g/mol. The van der Waals surface area contributed by atoms with Gasteiger partial charge in [-0.2, -0.15) is 4.57 Å². The predicted octanol–water partition coefficient (Wildman–Crippen LogP) is 5.90. The van der Waals surface area contributed by atoms with Gasteiger partial charge in [-0.15, -0.1) is 0 Å². The highest BCUT2D eigenvalue weighted by Crippen LogP contribution is 2.27. The number of hydrogen-bond acceptors (Lipinski definition) is 1. The minimum atomic E-state index is 0.809. The lowest BCUT2D eigenvalue weighted by Gasteiger charge is -2.09. The topological polar surface area (TPSA) is 16.8 Å². The molecule has 0 spiro atoms. The first-order valence-electron chi connectivity index (χ1n) is 9.85. The SMILES string of the molecule is c1ccc(C[n+]2ccc3cccnc3c2-c2ccc(-c3ccccc3)cc2)cc1. The molecule has 2 nitrogen and oxygen atoms in total. The Morgan fingerprint density at radius 1 is 0.586 bits per heavy atom. The Kier molecular flexibility index (Phi) is 4.59. The van der Waals surface area contributed by atoms with Crippen LogP contribution in [0.5, 0.6) is 0 Å². The Morgan fingerprint density at radius 3 is 2.00 bits per heavy atom. The van der Waals surface area contributed by atoms with Crippen LogP contribution in [-0.4, -0.2) is 4.98 Å². The van der Waals surface area contributed by atoms with Crippen molar-refractivity contribution in [2.45, 2.75) is 6.54 Å². The van der Waals surface area contributed by atoms with E-state index < -0.39 is 0 Å². The molecule has 0 radical (unpaired) electrons. The van der Waals surface area contributed by atoms with Crippen molar-refractivity contribution in [3.05, 3.63) is 121 Å². The zero-order valence-corrected chi connectivity index (χ0v) is 16.1. The molecule has 3 aromatic carbocycles. The molecule has 0 fully saturated rings. The second-order valence-electron chi connectivity index (χ2n) is 7.16. The van der Waals surface area contributed by atoms with Crippen LogP contribution in [0.2, 0.25) is 0 Å². The molecule has 0 aliphatic carbocycles. The van der Waals surface area contributed by atoms with E-state index in [1.54, 1.807) is 0 Å². The molecular formula is C27H21N2+. The van der Waals surface area contributed by atoms with Gasteiger partial charge >= 0.3 is 0 Å². The van der Waals surface area contributed by atoms with Gasteiger partial charge in [-0.05, 0) is 29.3 Å². The van der Waals surface area contributed by atoms with Crippen LogP contribution in [0.4, 0.5) is 0 Å². The van der Waals surface area contributed by atoms with Crippen molar-refractivity contribution in [1.82, 2.24) is 4.98 Å². The van der Waals surface area contributed by atoms with E-state index in [9.17, 15) is 0 Å². The first-order chi connectivity index (χ1) is 14.4. The molecule has 0 saturated heterocycles. The number of aromatic nitrogens is 2. The fourth-order valence-corrected chi connectivity index (χ4v) is 3.80. The van der Waals surface area contributed by atoms with Gasteiger partial charge in [0.25, 0.3) is 0 Å². The second kappa shape index (κ2) is 7.69. The molecule has 0 amide bonds. The largest absolute Gasteiger partial charge is 0.249 e. The number of rotatable bonds is 4. The minimum Gasteiger partial charge on any atom is -0.249 e. The number of hydrogen-bond donors (Lipinski definition) is 0. The Labute approximate surface area is 170 Å². The highest BCUT2D eigenvalue weighted by molar-refractivity contribution is 5.89. The number of benzene rings is 3. The molecule has 0 saturated carbocycles. The Balaban J connectivity index is 1.63. The number of nitrogens with zero attached hydrogens (tertiary/aromatic N) is 2. The average Bonchev–Trinajstić information content (AvgIpc) is 2.80. The van der Waals surface area contributed by atoms with Gasteiger partial charge in [-0.3, -0.25) is 0 Å². The van der Waals surface area contributed by atoms with Crippen molar-refractivity contribution < 1.29 is 4.57 Å². The fourth-order valence-electron chi connectivity index (χ4n) is 3.80. The highest BCUT2D eigenvalue weighted by Gasteiger charge is 2.19. The van der Waals surface area contributed by atoms with Crippen LogP contribution in [0.3, 0.4) is 0 Å². The van der Waals surface area contributed by atoms with E-state index in [-0.39, 0.29) is 0 Å². The lowest BCUT2D eigenvalue weighted by Crippen LogP contribution is -2.36. The highest BCUT2D eigenvalue weighted by atomic mass is 15.0.